The molecule has 1 aliphatic heterocycles. The smallest absolute Gasteiger partial charge is 0.337 e. The molecule has 1 aromatic heterocycles. The summed E-state index contributed by atoms with van der Waals surface area (Å²) in [6, 6.07) is 11.3. The van der Waals surface area contributed by atoms with Gasteiger partial charge >= 0.3 is 17.9 Å². The van der Waals surface area contributed by atoms with Crippen LogP contribution in [0.15, 0.2) is 69.2 Å². The van der Waals surface area contributed by atoms with Gasteiger partial charge in [0.25, 0.3) is 0 Å². The highest BCUT2D eigenvalue weighted by Gasteiger charge is 2.39. The maximum Gasteiger partial charge on any atom is 0.337 e. The van der Waals surface area contributed by atoms with E-state index in [0.29, 0.717) is 22.5 Å². The lowest BCUT2D eigenvalue weighted by atomic mass is 9.84. The number of thiophene rings is 1. The second-order valence-corrected chi connectivity index (χ2v) is 9.40. The minimum absolute atomic E-state index is 0.106. The number of methoxy groups -OCH3 is 1. The van der Waals surface area contributed by atoms with Crippen LogP contribution in [0.25, 0.3) is 0 Å². The van der Waals surface area contributed by atoms with Crippen LogP contribution in [0.4, 0.5) is 0 Å². The standard InChI is InChI=1S/C25H27NO6S2/c1-5-31-24(28)20-15(2)26-16(3)21(25(29)32-13-17-9-7-6-8-10-17)22(20)23-18(11-12-33-23)34-14-19(27)30-4/h6-12,22,26H,5,13-14H2,1-4H3. The molecule has 34 heavy (non-hydrogen) atoms. The van der Waals surface area contributed by atoms with Crippen molar-refractivity contribution in [3.63, 3.8) is 0 Å². The van der Waals surface area contributed by atoms with Crippen molar-refractivity contribution in [3.05, 3.63) is 74.8 Å². The van der Waals surface area contributed by atoms with E-state index in [-0.39, 0.29) is 24.9 Å². The number of esters is 3. The van der Waals surface area contributed by atoms with Crippen molar-refractivity contribution in [2.45, 2.75) is 38.2 Å². The number of hydrogen-bond donors (Lipinski definition) is 1. The summed E-state index contributed by atoms with van der Waals surface area (Å²) < 4.78 is 15.8. The molecule has 0 radical (unpaired) electrons. The minimum atomic E-state index is -0.691. The average Bonchev–Trinajstić information content (AvgIpc) is 3.29. The van der Waals surface area contributed by atoms with Crippen molar-refractivity contribution >= 4 is 41.0 Å². The summed E-state index contributed by atoms with van der Waals surface area (Å²) in [7, 11) is 1.34. The lowest BCUT2D eigenvalue weighted by molar-refractivity contribution is -0.141. The van der Waals surface area contributed by atoms with Crippen molar-refractivity contribution in [1.29, 1.82) is 0 Å². The number of nitrogens with one attached hydrogen (secondary N) is 1. The van der Waals surface area contributed by atoms with Gasteiger partial charge in [0.15, 0.2) is 0 Å². The third-order valence-corrected chi connectivity index (χ3v) is 7.34. The average molecular weight is 502 g/mol. The van der Waals surface area contributed by atoms with Crippen LogP contribution in [0.1, 0.15) is 37.1 Å². The van der Waals surface area contributed by atoms with E-state index in [9.17, 15) is 14.4 Å². The third-order valence-electron chi connectivity index (χ3n) is 5.18. The second-order valence-electron chi connectivity index (χ2n) is 7.43. The zero-order chi connectivity index (χ0) is 24.7. The largest absolute Gasteiger partial charge is 0.468 e. The molecule has 1 N–H and O–H groups in total. The van der Waals surface area contributed by atoms with Crippen molar-refractivity contribution in [2.24, 2.45) is 0 Å². The number of benzene rings is 1. The van der Waals surface area contributed by atoms with Gasteiger partial charge in [0.2, 0.25) is 0 Å². The van der Waals surface area contributed by atoms with Gasteiger partial charge in [-0.1, -0.05) is 30.3 Å². The first-order chi connectivity index (χ1) is 16.4. The molecular weight excluding hydrogens is 474 g/mol. The molecule has 0 saturated heterocycles. The van der Waals surface area contributed by atoms with Crippen LogP contribution >= 0.6 is 23.1 Å². The van der Waals surface area contributed by atoms with E-state index in [1.807, 2.05) is 41.8 Å². The van der Waals surface area contributed by atoms with Gasteiger partial charge in [0.1, 0.15) is 6.61 Å². The number of thioether (sulfide) groups is 1. The summed E-state index contributed by atoms with van der Waals surface area (Å²) >= 11 is 2.71. The molecule has 0 fully saturated rings. The molecule has 1 aromatic carbocycles. The van der Waals surface area contributed by atoms with Gasteiger partial charge in [-0.2, -0.15) is 0 Å². The fourth-order valence-electron chi connectivity index (χ4n) is 3.64. The maximum absolute atomic E-state index is 13.4. The van der Waals surface area contributed by atoms with Gasteiger partial charge in [0, 0.05) is 21.2 Å². The molecule has 7 nitrogen and oxygen atoms in total. The van der Waals surface area contributed by atoms with Gasteiger partial charge in [-0.05, 0) is 37.8 Å². The monoisotopic (exact) mass is 501 g/mol. The van der Waals surface area contributed by atoms with Gasteiger partial charge in [-0.15, -0.1) is 23.1 Å². The highest BCUT2D eigenvalue weighted by Crippen LogP contribution is 2.45. The lowest BCUT2D eigenvalue weighted by Crippen LogP contribution is -2.32. The molecule has 0 spiro atoms. The summed E-state index contributed by atoms with van der Waals surface area (Å²) in [6.07, 6.45) is 0. The van der Waals surface area contributed by atoms with E-state index in [2.05, 4.69) is 5.32 Å². The lowest BCUT2D eigenvalue weighted by Gasteiger charge is -2.30. The van der Waals surface area contributed by atoms with E-state index >= 15 is 0 Å². The zero-order valence-electron chi connectivity index (χ0n) is 19.5. The number of ether oxygens (including phenoxy) is 3. The molecule has 180 valence electrons. The number of rotatable bonds is 9. The first-order valence-electron chi connectivity index (χ1n) is 10.7. The summed E-state index contributed by atoms with van der Waals surface area (Å²) in [5.74, 6) is -1.97. The fraction of sp³-hybridized carbons (Fsp3) is 0.320. The number of carbonyl (C=O) groups is 3. The maximum atomic E-state index is 13.4. The molecule has 2 aromatic rings. The van der Waals surface area contributed by atoms with Crippen LogP contribution in [0.2, 0.25) is 0 Å². The Morgan fingerprint density at radius 1 is 1.00 bits per heavy atom. The molecular formula is C25H27NO6S2. The third kappa shape index (κ3) is 5.90. The Labute approximate surface area is 207 Å². The van der Waals surface area contributed by atoms with Gasteiger partial charge < -0.3 is 19.5 Å². The Morgan fingerprint density at radius 3 is 2.26 bits per heavy atom. The van der Waals surface area contributed by atoms with Crippen molar-refractivity contribution in [2.75, 3.05) is 19.5 Å². The van der Waals surface area contributed by atoms with Gasteiger partial charge in [0.05, 0.1) is 36.5 Å². The van der Waals surface area contributed by atoms with Crippen LogP contribution in [0.5, 0.6) is 0 Å². The molecule has 3 rings (SSSR count). The summed E-state index contributed by atoms with van der Waals surface area (Å²) in [6.45, 7) is 5.61. The Morgan fingerprint density at radius 2 is 1.65 bits per heavy atom. The fourth-order valence-corrected chi connectivity index (χ4v) is 5.77. The molecule has 1 atom stereocenters. The Kier molecular flexibility index (Phi) is 8.95. The first kappa shape index (κ1) is 25.6. The molecule has 0 amide bonds. The van der Waals surface area contributed by atoms with Crippen LogP contribution in [-0.2, 0) is 35.2 Å². The summed E-state index contributed by atoms with van der Waals surface area (Å²) in [4.78, 5) is 39.7. The summed E-state index contributed by atoms with van der Waals surface area (Å²) in [5.41, 5.74) is 2.76. The Hall–Kier alpha value is -3.04. The Bertz CT molecular complexity index is 1120. The zero-order valence-corrected chi connectivity index (χ0v) is 21.1. The highest BCUT2D eigenvalue weighted by atomic mass is 32.2. The van der Waals surface area contributed by atoms with Crippen LogP contribution in [0, 0.1) is 0 Å². The molecule has 0 aliphatic carbocycles. The molecule has 9 heteroatoms. The number of allylic oxidation sites excluding steroid dienone is 2. The van der Waals surface area contributed by atoms with Crippen LogP contribution in [-0.4, -0.2) is 37.4 Å². The topological polar surface area (TPSA) is 90.9 Å². The quantitative estimate of drug-likeness (QED) is 0.304. The normalized spacial score (nSPS) is 15.6. The van der Waals surface area contributed by atoms with E-state index in [4.69, 9.17) is 14.2 Å². The van der Waals surface area contributed by atoms with Gasteiger partial charge in [-0.25, -0.2) is 9.59 Å². The predicted octanol–water partition coefficient (Wildman–Crippen LogP) is 4.55. The molecule has 0 saturated carbocycles. The molecule has 0 bridgehead atoms. The van der Waals surface area contributed by atoms with E-state index in [0.717, 1.165) is 15.3 Å². The number of dihydropyridines is 1. The second kappa shape index (κ2) is 11.9. The molecule has 1 aliphatic rings. The van der Waals surface area contributed by atoms with Crippen LogP contribution < -0.4 is 5.32 Å². The van der Waals surface area contributed by atoms with E-state index < -0.39 is 17.9 Å². The molecule has 2 heterocycles. The molecule has 1 unspecified atom stereocenters. The predicted molar refractivity (Wildman–Crippen MR) is 131 cm³/mol. The Balaban J connectivity index is 2.00. The minimum Gasteiger partial charge on any atom is -0.468 e. The first-order valence-corrected chi connectivity index (χ1v) is 12.6. The van der Waals surface area contributed by atoms with Crippen molar-refractivity contribution in [1.82, 2.24) is 5.32 Å². The SMILES string of the molecule is CCOC(=O)C1=C(C)NC(C)=C(C(=O)OCc2ccccc2)C1c1sccc1SCC(=O)OC. The number of carbonyl (C=O) groups excluding carboxylic acids is 3. The van der Waals surface area contributed by atoms with E-state index in [1.54, 1.807) is 20.8 Å². The number of hydrogen-bond acceptors (Lipinski definition) is 9. The van der Waals surface area contributed by atoms with Crippen molar-refractivity contribution < 1.29 is 28.6 Å². The highest BCUT2D eigenvalue weighted by molar-refractivity contribution is 8.00. The van der Waals surface area contributed by atoms with Crippen molar-refractivity contribution in [3.8, 4) is 0 Å². The van der Waals surface area contributed by atoms with Crippen LogP contribution in [0.3, 0.4) is 0 Å². The van der Waals surface area contributed by atoms with Gasteiger partial charge in [-0.3, -0.25) is 4.79 Å². The van der Waals surface area contributed by atoms with E-state index in [1.165, 1.54) is 30.2 Å². The summed E-state index contributed by atoms with van der Waals surface area (Å²) in [5, 5.41) is 5.02.